The van der Waals surface area contributed by atoms with Crippen molar-refractivity contribution in [1.29, 1.82) is 0 Å². The first-order valence-electron chi connectivity index (χ1n) is 9.87. The monoisotopic (exact) mass is 407 g/mol. The van der Waals surface area contributed by atoms with E-state index >= 15 is 0 Å². The number of carbonyl (C=O) groups is 1. The molecule has 2 heterocycles. The molecule has 1 atom stereocenters. The molecule has 1 aromatic heterocycles. The molecule has 0 radical (unpaired) electrons. The minimum Gasteiger partial charge on any atom is -0.497 e. The van der Waals surface area contributed by atoms with E-state index in [4.69, 9.17) is 14.2 Å². The molecule has 0 saturated heterocycles. The quantitative estimate of drug-likeness (QED) is 0.664. The van der Waals surface area contributed by atoms with Crippen molar-refractivity contribution in [3.05, 3.63) is 60.0 Å². The van der Waals surface area contributed by atoms with Crippen LogP contribution in [0.25, 0.3) is 5.69 Å². The molecule has 156 valence electrons. The van der Waals surface area contributed by atoms with Gasteiger partial charge >= 0.3 is 0 Å². The SMILES string of the molecule is COc1ccc(-n2cnc3c2NC(=O)CC3c2cccc(OC)c2OC(C)C)cc1. The molecule has 0 fully saturated rings. The van der Waals surface area contributed by atoms with Gasteiger partial charge in [0, 0.05) is 23.6 Å². The zero-order chi connectivity index (χ0) is 21.3. The van der Waals surface area contributed by atoms with Crippen molar-refractivity contribution in [3.63, 3.8) is 0 Å². The number of nitrogens with zero attached hydrogens (tertiary/aromatic N) is 2. The Morgan fingerprint density at radius 2 is 1.87 bits per heavy atom. The molecule has 0 saturated carbocycles. The second-order valence-electron chi connectivity index (χ2n) is 7.40. The first-order chi connectivity index (χ1) is 14.5. The van der Waals surface area contributed by atoms with E-state index in [2.05, 4.69) is 10.3 Å². The molecule has 30 heavy (non-hydrogen) atoms. The van der Waals surface area contributed by atoms with Crippen molar-refractivity contribution in [2.45, 2.75) is 32.3 Å². The Labute approximate surface area is 175 Å². The molecule has 1 aliphatic heterocycles. The number of anilines is 1. The molecule has 1 amide bonds. The number of para-hydroxylation sites is 1. The van der Waals surface area contributed by atoms with Gasteiger partial charge in [-0.25, -0.2) is 4.98 Å². The van der Waals surface area contributed by atoms with Crippen LogP contribution in [0.2, 0.25) is 0 Å². The predicted octanol–water partition coefficient (Wildman–Crippen LogP) is 4.15. The number of amides is 1. The second-order valence-corrected chi connectivity index (χ2v) is 7.40. The van der Waals surface area contributed by atoms with Gasteiger partial charge in [-0.05, 0) is 44.2 Å². The number of aromatic nitrogens is 2. The highest BCUT2D eigenvalue weighted by molar-refractivity contribution is 5.94. The molecule has 3 aromatic rings. The summed E-state index contributed by atoms with van der Waals surface area (Å²) in [6.45, 7) is 3.93. The highest BCUT2D eigenvalue weighted by Crippen LogP contribution is 2.44. The van der Waals surface area contributed by atoms with Crippen LogP contribution in [0.1, 0.15) is 37.4 Å². The summed E-state index contributed by atoms with van der Waals surface area (Å²) >= 11 is 0. The van der Waals surface area contributed by atoms with Gasteiger partial charge in [0.15, 0.2) is 11.5 Å². The van der Waals surface area contributed by atoms with E-state index in [-0.39, 0.29) is 24.3 Å². The van der Waals surface area contributed by atoms with Gasteiger partial charge in [-0.15, -0.1) is 0 Å². The maximum atomic E-state index is 12.6. The second kappa shape index (κ2) is 8.10. The van der Waals surface area contributed by atoms with Gasteiger partial charge in [0.2, 0.25) is 5.91 Å². The predicted molar refractivity (Wildman–Crippen MR) is 114 cm³/mol. The van der Waals surface area contributed by atoms with E-state index in [1.165, 1.54) is 0 Å². The van der Waals surface area contributed by atoms with E-state index < -0.39 is 0 Å². The topological polar surface area (TPSA) is 74.6 Å². The summed E-state index contributed by atoms with van der Waals surface area (Å²) in [5.74, 6) is 2.42. The zero-order valence-corrected chi connectivity index (χ0v) is 17.5. The van der Waals surface area contributed by atoms with Gasteiger partial charge in [0.05, 0.1) is 26.0 Å². The Bertz CT molecular complexity index is 1060. The largest absolute Gasteiger partial charge is 0.497 e. The number of ether oxygens (including phenoxy) is 3. The van der Waals surface area contributed by atoms with Crippen LogP contribution in [0, 0.1) is 0 Å². The van der Waals surface area contributed by atoms with Gasteiger partial charge in [0.1, 0.15) is 17.9 Å². The maximum absolute atomic E-state index is 12.6. The third-order valence-corrected chi connectivity index (χ3v) is 5.08. The van der Waals surface area contributed by atoms with Gasteiger partial charge in [0.25, 0.3) is 0 Å². The number of hydrogen-bond donors (Lipinski definition) is 1. The van der Waals surface area contributed by atoms with Crippen LogP contribution in [-0.2, 0) is 4.79 Å². The van der Waals surface area contributed by atoms with Crippen molar-refractivity contribution in [1.82, 2.24) is 9.55 Å². The van der Waals surface area contributed by atoms with Crippen molar-refractivity contribution >= 4 is 11.7 Å². The van der Waals surface area contributed by atoms with Crippen molar-refractivity contribution < 1.29 is 19.0 Å². The first kappa shape index (κ1) is 19.8. The van der Waals surface area contributed by atoms with Gasteiger partial charge < -0.3 is 19.5 Å². The summed E-state index contributed by atoms with van der Waals surface area (Å²) in [5, 5.41) is 2.98. The van der Waals surface area contributed by atoms with E-state index in [0.29, 0.717) is 17.3 Å². The number of methoxy groups -OCH3 is 2. The number of imidazole rings is 1. The highest BCUT2D eigenvalue weighted by Gasteiger charge is 2.33. The summed E-state index contributed by atoms with van der Waals surface area (Å²) < 4.78 is 18.7. The summed E-state index contributed by atoms with van der Waals surface area (Å²) in [7, 11) is 3.24. The molecular formula is C23H25N3O4. The number of hydrogen-bond acceptors (Lipinski definition) is 5. The smallest absolute Gasteiger partial charge is 0.226 e. The molecule has 4 rings (SSSR count). The fourth-order valence-corrected chi connectivity index (χ4v) is 3.73. The Morgan fingerprint density at radius 1 is 1.10 bits per heavy atom. The molecule has 0 aliphatic carbocycles. The fraction of sp³-hybridized carbons (Fsp3) is 0.304. The van der Waals surface area contributed by atoms with E-state index in [0.717, 1.165) is 22.7 Å². The molecule has 1 unspecified atom stereocenters. The number of rotatable bonds is 6. The molecule has 7 nitrogen and oxygen atoms in total. The molecule has 2 aromatic carbocycles. The summed E-state index contributed by atoms with van der Waals surface area (Å²) in [4.78, 5) is 17.3. The number of nitrogens with one attached hydrogen (secondary N) is 1. The lowest BCUT2D eigenvalue weighted by Gasteiger charge is -2.26. The van der Waals surface area contributed by atoms with E-state index in [1.807, 2.05) is 60.9 Å². The lowest BCUT2D eigenvalue weighted by atomic mass is 9.89. The fourth-order valence-electron chi connectivity index (χ4n) is 3.73. The van der Waals surface area contributed by atoms with Crippen LogP contribution < -0.4 is 19.5 Å². The third-order valence-electron chi connectivity index (χ3n) is 5.08. The molecule has 1 aliphatic rings. The van der Waals surface area contributed by atoms with Gasteiger partial charge in [-0.2, -0.15) is 0 Å². The lowest BCUT2D eigenvalue weighted by molar-refractivity contribution is -0.116. The Balaban J connectivity index is 1.80. The lowest BCUT2D eigenvalue weighted by Crippen LogP contribution is -2.25. The van der Waals surface area contributed by atoms with Gasteiger partial charge in [-0.1, -0.05) is 12.1 Å². The molecular weight excluding hydrogens is 382 g/mol. The van der Waals surface area contributed by atoms with E-state index in [9.17, 15) is 4.79 Å². The standard InChI is InChI=1S/C23H25N3O4/c1-14(2)30-22-17(6-5-7-19(22)29-4)18-12-20(27)25-23-21(18)24-13-26(23)15-8-10-16(28-3)11-9-15/h5-11,13-14,18H,12H2,1-4H3,(H,25,27). The van der Waals surface area contributed by atoms with Crippen LogP contribution >= 0.6 is 0 Å². The average Bonchev–Trinajstić information content (AvgIpc) is 3.16. The Hall–Kier alpha value is -3.48. The van der Waals surface area contributed by atoms with E-state index in [1.54, 1.807) is 20.5 Å². The molecule has 0 bridgehead atoms. The number of carbonyl (C=O) groups excluding carboxylic acids is 1. The third kappa shape index (κ3) is 3.58. The first-order valence-corrected chi connectivity index (χ1v) is 9.87. The van der Waals surface area contributed by atoms with Crippen LogP contribution in [-0.4, -0.2) is 35.8 Å². The van der Waals surface area contributed by atoms with Crippen LogP contribution in [0.4, 0.5) is 5.82 Å². The van der Waals surface area contributed by atoms with Crippen LogP contribution in [0.5, 0.6) is 17.2 Å². The van der Waals surface area contributed by atoms with Crippen molar-refractivity contribution in [2.24, 2.45) is 0 Å². The van der Waals surface area contributed by atoms with Crippen molar-refractivity contribution in [3.8, 4) is 22.9 Å². The van der Waals surface area contributed by atoms with Crippen LogP contribution in [0.3, 0.4) is 0 Å². The number of fused-ring (bicyclic) bond motifs is 1. The maximum Gasteiger partial charge on any atom is 0.226 e. The summed E-state index contributed by atoms with van der Waals surface area (Å²) in [5.41, 5.74) is 2.57. The summed E-state index contributed by atoms with van der Waals surface area (Å²) in [6.07, 6.45) is 1.98. The number of benzene rings is 2. The van der Waals surface area contributed by atoms with Gasteiger partial charge in [-0.3, -0.25) is 9.36 Å². The molecule has 1 N–H and O–H groups in total. The molecule has 0 spiro atoms. The zero-order valence-electron chi connectivity index (χ0n) is 17.5. The normalized spacial score (nSPS) is 15.5. The summed E-state index contributed by atoms with van der Waals surface area (Å²) in [6, 6.07) is 13.3. The Morgan fingerprint density at radius 3 is 2.53 bits per heavy atom. The average molecular weight is 407 g/mol. The Kier molecular flexibility index (Phi) is 5.35. The van der Waals surface area contributed by atoms with Crippen LogP contribution in [0.15, 0.2) is 48.8 Å². The molecule has 7 heteroatoms. The minimum absolute atomic E-state index is 0.0335. The highest BCUT2D eigenvalue weighted by atomic mass is 16.5. The minimum atomic E-state index is -0.239. The van der Waals surface area contributed by atoms with Crippen molar-refractivity contribution in [2.75, 3.05) is 19.5 Å².